The first kappa shape index (κ1) is 12.8. The topological polar surface area (TPSA) is 95.7 Å². The number of piperazine rings is 1. The smallest absolute Gasteiger partial charge is 0.242 e. The normalized spacial score (nSPS) is 19.9. The number of rotatable bonds is 4. The zero-order chi connectivity index (χ0) is 13.1. The van der Waals surface area contributed by atoms with Crippen molar-refractivity contribution in [3.63, 3.8) is 0 Å². The van der Waals surface area contributed by atoms with Crippen molar-refractivity contribution in [3.05, 3.63) is 0 Å². The molecule has 1 saturated heterocycles. The summed E-state index contributed by atoms with van der Waals surface area (Å²) >= 11 is 0. The van der Waals surface area contributed by atoms with E-state index in [9.17, 15) is 14.4 Å². The fourth-order valence-corrected chi connectivity index (χ4v) is 2.03. The Morgan fingerprint density at radius 3 is 2.61 bits per heavy atom. The van der Waals surface area contributed by atoms with Crippen LogP contribution in [0.4, 0.5) is 0 Å². The Morgan fingerprint density at radius 2 is 2.06 bits per heavy atom. The number of nitrogens with two attached hydrogens (primary N) is 1. The molecule has 0 aromatic carbocycles. The maximum atomic E-state index is 11.8. The molecular formula is C11H18N4O3. The minimum atomic E-state index is -0.369. The Kier molecular flexibility index (Phi) is 3.81. The van der Waals surface area contributed by atoms with Crippen LogP contribution >= 0.6 is 0 Å². The summed E-state index contributed by atoms with van der Waals surface area (Å²) in [6.45, 7) is 1.03. The molecule has 2 fully saturated rings. The Bertz CT molecular complexity index is 367. The zero-order valence-electron chi connectivity index (χ0n) is 10.2. The van der Waals surface area contributed by atoms with Gasteiger partial charge in [0, 0.05) is 19.1 Å². The lowest BCUT2D eigenvalue weighted by Gasteiger charge is -2.34. The molecule has 3 N–H and O–H groups in total. The molecule has 0 spiro atoms. The number of carbonyl (C=O) groups is 3. The zero-order valence-corrected chi connectivity index (χ0v) is 10.2. The van der Waals surface area contributed by atoms with E-state index in [0.717, 1.165) is 12.8 Å². The molecule has 0 bridgehead atoms. The number of nitrogens with zero attached hydrogens (tertiary/aromatic N) is 2. The van der Waals surface area contributed by atoms with Crippen LogP contribution < -0.4 is 11.1 Å². The van der Waals surface area contributed by atoms with E-state index in [-0.39, 0.29) is 37.4 Å². The summed E-state index contributed by atoms with van der Waals surface area (Å²) in [7, 11) is 0. The number of hydrogen-bond donors (Lipinski definition) is 2. The minimum Gasteiger partial charge on any atom is -0.346 e. The van der Waals surface area contributed by atoms with E-state index in [2.05, 4.69) is 5.32 Å². The number of amides is 3. The largest absolute Gasteiger partial charge is 0.346 e. The van der Waals surface area contributed by atoms with Gasteiger partial charge in [0.2, 0.25) is 17.7 Å². The fourth-order valence-electron chi connectivity index (χ4n) is 2.03. The summed E-state index contributed by atoms with van der Waals surface area (Å²) in [6, 6.07) is 0.395. The van der Waals surface area contributed by atoms with Crippen molar-refractivity contribution in [2.24, 2.45) is 5.73 Å². The van der Waals surface area contributed by atoms with Crippen LogP contribution in [-0.4, -0.2) is 66.3 Å². The lowest BCUT2D eigenvalue weighted by molar-refractivity contribution is -0.145. The molecule has 0 unspecified atom stereocenters. The summed E-state index contributed by atoms with van der Waals surface area (Å²) in [6.07, 6.45) is 2.15. The first-order chi connectivity index (χ1) is 8.61. The Morgan fingerprint density at radius 1 is 1.33 bits per heavy atom. The predicted octanol–water partition coefficient (Wildman–Crippen LogP) is -2.11. The molecule has 1 heterocycles. The van der Waals surface area contributed by atoms with Gasteiger partial charge < -0.3 is 20.9 Å². The second-order valence-electron chi connectivity index (χ2n) is 4.61. The molecule has 100 valence electrons. The van der Waals surface area contributed by atoms with Gasteiger partial charge in [-0.05, 0) is 12.8 Å². The van der Waals surface area contributed by atoms with Crippen LogP contribution in [0.25, 0.3) is 0 Å². The van der Waals surface area contributed by atoms with Gasteiger partial charge in [0.15, 0.2) is 0 Å². The summed E-state index contributed by atoms with van der Waals surface area (Å²) in [5, 5.41) is 2.41. The van der Waals surface area contributed by atoms with E-state index in [1.165, 1.54) is 4.90 Å². The highest BCUT2D eigenvalue weighted by Gasteiger charge is 2.36. The van der Waals surface area contributed by atoms with Crippen LogP contribution in [0.5, 0.6) is 0 Å². The average molecular weight is 254 g/mol. The fraction of sp³-hybridized carbons (Fsp3) is 0.727. The molecule has 0 atom stereocenters. The standard InChI is InChI=1S/C11H18N4O3/c12-5-9(16)13-6-10(17)14-3-4-15(8-1-2-8)11(18)7-14/h8H,1-7,12H2,(H,13,16). The van der Waals surface area contributed by atoms with Crippen molar-refractivity contribution in [2.45, 2.75) is 18.9 Å². The lowest BCUT2D eigenvalue weighted by atomic mass is 10.3. The van der Waals surface area contributed by atoms with Gasteiger partial charge in [-0.2, -0.15) is 0 Å². The lowest BCUT2D eigenvalue weighted by Crippen LogP contribution is -2.54. The highest BCUT2D eigenvalue weighted by molar-refractivity contribution is 5.89. The highest BCUT2D eigenvalue weighted by Crippen LogP contribution is 2.27. The van der Waals surface area contributed by atoms with Gasteiger partial charge in [-0.3, -0.25) is 14.4 Å². The van der Waals surface area contributed by atoms with E-state index < -0.39 is 0 Å². The van der Waals surface area contributed by atoms with Gasteiger partial charge >= 0.3 is 0 Å². The monoisotopic (exact) mass is 254 g/mol. The van der Waals surface area contributed by atoms with Crippen molar-refractivity contribution in [3.8, 4) is 0 Å². The van der Waals surface area contributed by atoms with Crippen molar-refractivity contribution in [1.29, 1.82) is 0 Å². The quantitative estimate of drug-likeness (QED) is 0.600. The van der Waals surface area contributed by atoms with Gasteiger partial charge in [0.25, 0.3) is 0 Å². The van der Waals surface area contributed by atoms with E-state index in [1.807, 2.05) is 4.90 Å². The van der Waals surface area contributed by atoms with Crippen LogP contribution in [0, 0.1) is 0 Å². The Balaban J connectivity index is 1.78. The van der Waals surface area contributed by atoms with Gasteiger partial charge in [-0.15, -0.1) is 0 Å². The minimum absolute atomic E-state index is 0.00208. The summed E-state index contributed by atoms with van der Waals surface area (Å²) in [5.74, 6) is -0.603. The molecule has 2 rings (SSSR count). The molecule has 3 amide bonds. The molecule has 1 aliphatic heterocycles. The van der Waals surface area contributed by atoms with E-state index in [4.69, 9.17) is 5.73 Å². The second-order valence-corrected chi connectivity index (χ2v) is 4.61. The van der Waals surface area contributed by atoms with Crippen LogP contribution in [0.1, 0.15) is 12.8 Å². The molecule has 0 aromatic rings. The summed E-state index contributed by atoms with van der Waals surface area (Å²) in [4.78, 5) is 37.8. The SMILES string of the molecule is NCC(=O)NCC(=O)N1CCN(C2CC2)C(=O)C1. The molecular weight excluding hydrogens is 236 g/mol. The highest BCUT2D eigenvalue weighted by atomic mass is 16.2. The van der Waals surface area contributed by atoms with Crippen LogP contribution in [0.15, 0.2) is 0 Å². The predicted molar refractivity (Wildman–Crippen MR) is 63.4 cm³/mol. The maximum Gasteiger partial charge on any atom is 0.242 e. The van der Waals surface area contributed by atoms with Crippen molar-refractivity contribution in [1.82, 2.24) is 15.1 Å². The van der Waals surface area contributed by atoms with Crippen LogP contribution in [0.3, 0.4) is 0 Å². The third-order valence-electron chi connectivity index (χ3n) is 3.22. The molecule has 0 radical (unpaired) electrons. The van der Waals surface area contributed by atoms with E-state index in [1.54, 1.807) is 0 Å². The Hall–Kier alpha value is -1.63. The van der Waals surface area contributed by atoms with Gasteiger partial charge in [-0.25, -0.2) is 0 Å². The number of nitrogens with one attached hydrogen (secondary N) is 1. The third kappa shape index (κ3) is 2.98. The Labute approximate surface area is 105 Å². The first-order valence-electron chi connectivity index (χ1n) is 6.16. The van der Waals surface area contributed by atoms with E-state index >= 15 is 0 Å². The van der Waals surface area contributed by atoms with Crippen molar-refractivity contribution < 1.29 is 14.4 Å². The molecule has 2 aliphatic rings. The summed E-state index contributed by atoms with van der Waals surface area (Å²) < 4.78 is 0. The average Bonchev–Trinajstić information content (AvgIpc) is 3.19. The maximum absolute atomic E-state index is 11.8. The van der Waals surface area contributed by atoms with Gasteiger partial charge in [0.1, 0.15) is 0 Å². The van der Waals surface area contributed by atoms with Crippen molar-refractivity contribution in [2.75, 3.05) is 32.7 Å². The van der Waals surface area contributed by atoms with Crippen molar-refractivity contribution >= 4 is 17.7 Å². The molecule has 7 nitrogen and oxygen atoms in total. The molecule has 7 heteroatoms. The molecule has 18 heavy (non-hydrogen) atoms. The van der Waals surface area contributed by atoms with Gasteiger partial charge in [0.05, 0.1) is 19.6 Å². The first-order valence-corrected chi connectivity index (χ1v) is 6.16. The van der Waals surface area contributed by atoms with E-state index in [0.29, 0.717) is 19.1 Å². The molecule has 1 saturated carbocycles. The third-order valence-corrected chi connectivity index (χ3v) is 3.22. The molecule has 1 aliphatic carbocycles. The van der Waals surface area contributed by atoms with Gasteiger partial charge in [-0.1, -0.05) is 0 Å². The second kappa shape index (κ2) is 5.34. The molecule has 0 aromatic heterocycles. The van der Waals surface area contributed by atoms with Crippen LogP contribution in [-0.2, 0) is 14.4 Å². The van der Waals surface area contributed by atoms with Crippen LogP contribution in [0.2, 0.25) is 0 Å². The number of carbonyl (C=O) groups excluding carboxylic acids is 3. The summed E-state index contributed by atoms with van der Waals surface area (Å²) in [5.41, 5.74) is 5.12. The number of hydrogen-bond acceptors (Lipinski definition) is 4.